The smallest absolute Gasteiger partial charge is 0.246 e. The van der Waals surface area contributed by atoms with Crippen LogP contribution in [0, 0.1) is 5.82 Å². The third-order valence-electron chi connectivity index (χ3n) is 2.75. The summed E-state index contributed by atoms with van der Waals surface area (Å²) in [7, 11) is 0. The lowest BCUT2D eigenvalue weighted by molar-refractivity contribution is -0.116. The summed E-state index contributed by atoms with van der Waals surface area (Å²) < 4.78 is 14.2. The Morgan fingerprint density at radius 3 is 2.81 bits per heavy atom. The Morgan fingerprint density at radius 2 is 2.10 bits per heavy atom. The van der Waals surface area contributed by atoms with Gasteiger partial charge in [0.05, 0.1) is 11.9 Å². The van der Waals surface area contributed by atoms with Crippen LogP contribution in [0.2, 0.25) is 0 Å². The summed E-state index contributed by atoms with van der Waals surface area (Å²) in [5, 5.41) is 13.8. The van der Waals surface area contributed by atoms with Gasteiger partial charge in [-0.2, -0.15) is 0 Å². The molecule has 0 fully saturated rings. The van der Waals surface area contributed by atoms with Gasteiger partial charge in [-0.1, -0.05) is 12.1 Å². The summed E-state index contributed by atoms with van der Waals surface area (Å²) in [4.78, 5) is 11.8. The van der Waals surface area contributed by atoms with E-state index in [-0.39, 0.29) is 18.3 Å². The molecule has 7 heteroatoms. The molecule has 0 aliphatic carbocycles. The molecule has 112 valence electrons. The van der Waals surface area contributed by atoms with Crippen molar-refractivity contribution in [3.63, 3.8) is 0 Å². The number of anilines is 1. The van der Waals surface area contributed by atoms with Gasteiger partial charge in [-0.3, -0.25) is 4.79 Å². The Bertz CT molecular complexity index is 581. The molecule has 0 atom stereocenters. The average Bonchev–Trinajstić information content (AvgIpc) is 2.89. The summed E-state index contributed by atoms with van der Waals surface area (Å²) in [6, 6.07) is 5.61. The van der Waals surface area contributed by atoms with Gasteiger partial charge in [0.2, 0.25) is 5.91 Å². The second-order valence-corrected chi connectivity index (χ2v) is 4.64. The van der Waals surface area contributed by atoms with Gasteiger partial charge in [0.25, 0.3) is 0 Å². The molecule has 2 N–H and O–H groups in total. The van der Waals surface area contributed by atoms with Gasteiger partial charge in [0.15, 0.2) is 0 Å². The van der Waals surface area contributed by atoms with Crippen LogP contribution in [0.1, 0.15) is 19.0 Å². The van der Waals surface area contributed by atoms with Crippen LogP contribution in [0.25, 0.3) is 0 Å². The normalized spacial score (nSPS) is 10.6. The van der Waals surface area contributed by atoms with Crippen molar-refractivity contribution in [2.75, 3.05) is 11.9 Å². The number of amides is 1. The number of benzene rings is 1. The fraction of sp³-hybridized carbons (Fsp3) is 0.357. The molecule has 0 saturated carbocycles. The fourth-order valence-corrected chi connectivity index (χ4v) is 1.77. The third kappa shape index (κ3) is 4.96. The first-order chi connectivity index (χ1) is 10.2. The van der Waals surface area contributed by atoms with E-state index in [9.17, 15) is 9.18 Å². The summed E-state index contributed by atoms with van der Waals surface area (Å²) in [6.45, 7) is 3.70. The second-order valence-electron chi connectivity index (χ2n) is 4.64. The minimum Gasteiger partial charge on any atom is -0.324 e. The molecule has 0 aliphatic heterocycles. The highest BCUT2D eigenvalue weighted by Gasteiger charge is 2.06. The number of halogens is 1. The zero-order valence-corrected chi connectivity index (χ0v) is 11.8. The molecule has 0 bridgehead atoms. The van der Waals surface area contributed by atoms with Crippen LogP contribution in [-0.2, 0) is 17.9 Å². The Balaban J connectivity index is 1.83. The van der Waals surface area contributed by atoms with E-state index in [1.165, 1.54) is 28.9 Å². The van der Waals surface area contributed by atoms with Gasteiger partial charge in [0, 0.05) is 12.2 Å². The predicted octanol–water partition coefficient (Wildman–Crippen LogP) is 1.56. The predicted molar refractivity (Wildman–Crippen MR) is 77.0 cm³/mol. The van der Waals surface area contributed by atoms with Crippen LogP contribution in [0.15, 0.2) is 30.5 Å². The van der Waals surface area contributed by atoms with Crippen LogP contribution in [-0.4, -0.2) is 27.4 Å². The van der Waals surface area contributed by atoms with Crippen LogP contribution in [0.4, 0.5) is 10.1 Å². The van der Waals surface area contributed by atoms with Crippen molar-refractivity contribution in [1.29, 1.82) is 0 Å². The molecule has 0 aliphatic rings. The minimum atomic E-state index is -0.339. The zero-order valence-electron chi connectivity index (χ0n) is 11.8. The largest absolute Gasteiger partial charge is 0.324 e. The second kappa shape index (κ2) is 7.49. The number of rotatable bonds is 7. The number of nitrogens with zero attached hydrogens (tertiary/aromatic N) is 3. The van der Waals surface area contributed by atoms with Crippen molar-refractivity contribution in [2.24, 2.45) is 0 Å². The molecule has 21 heavy (non-hydrogen) atoms. The quantitative estimate of drug-likeness (QED) is 0.759. The molecular formula is C14H18FN5O. The summed E-state index contributed by atoms with van der Waals surface area (Å²) >= 11 is 0. The molecule has 2 rings (SSSR count). The van der Waals surface area contributed by atoms with Crippen molar-refractivity contribution >= 4 is 11.6 Å². The third-order valence-corrected chi connectivity index (χ3v) is 2.75. The van der Waals surface area contributed by atoms with E-state index in [0.29, 0.717) is 12.2 Å². The van der Waals surface area contributed by atoms with Crippen LogP contribution in [0.3, 0.4) is 0 Å². The standard InChI is InChI=1S/C14H18FN5O/c1-2-7-16-8-13-9-20(19-18-13)10-14(21)17-12-5-3-11(15)4-6-12/h3-6,9,16H,2,7-8,10H2,1H3,(H,17,21). The van der Waals surface area contributed by atoms with Crippen LogP contribution < -0.4 is 10.6 Å². The average molecular weight is 291 g/mol. The molecule has 0 radical (unpaired) electrons. The summed E-state index contributed by atoms with van der Waals surface area (Å²) in [5.41, 5.74) is 1.34. The van der Waals surface area contributed by atoms with Gasteiger partial charge in [0.1, 0.15) is 12.4 Å². The SMILES string of the molecule is CCCNCc1cn(CC(=O)Nc2ccc(F)cc2)nn1. The molecule has 1 aromatic carbocycles. The van der Waals surface area contributed by atoms with Crippen molar-refractivity contribution in [1.82, 2.24) is 20.3 Å². The van der Waals surface area contributed by atoms with Gasteiger partial charge < -0.3 is 10.6 Å². The Morgan fingerprint density at radius 1 is 1.33 bits per heavy atom. The molecule has 1 aromatic heterocycles. The fourth-order valence-electron chi connectivity index (χ4n) is 1.77. The molecule has 0 spiro atoms. The number of hydrogen-bond donors (Lipinski definition) is 2. The van der Waals surface area contributed by atoms with Gasteiger partial charge in [-0.05, 0) is 37.2 Å². The monoisotopic (exact) mass is 291 g/mol. The molecule has 1 heterocycles. The first-order valence-corrected chi connectivity index (χ1v) is 6.82. The highest BCUT2D eigenvalue weighted by Crippen LogP contribution is 2.08. The number of hydrogen-bond acceptors (Lipinski definition) is 4. The Labute approximate surface area is 122 Å². The van der Waals surface area contributed by atoms with E-state index in [1.54, 1.807) is 6.20 Å². The maximum absolute atomic E-state index is 12.8. The summed E-state index contributed by atoms with van der Waals surface area (Å²) in [6.07, 6.45) is 2.78. The molecule has 2 aromatic rings. The number of carbonyl (C=O) groups is 1. The molecule has 0 saturated heterocycles. The summed E-state index contributed by atoms with van der Waals surface area (Å²) in [5.74, 6) is -0.576. The van der Waals surface area contributed by atoms with E-state index in [2.05, 4.69) is 27.9 Å². The van der Waals surface area contributed by atoms with Crippen LogP contribution in [0.5, 0.6) is 0 Å². The Kier molecular flexibility index (Phi) is 5.39. The molecule has 1 amide bonds. The maximum Gasteiger partial charge on any atom is 0.246 e. The van der Waals surface area contributed by atoms with Crippen molar-refractivity contribution in [3.05, 3.63) is 42.0 Å². The van der Waals surface area contributed by atoms with Gasteiger partial charge >= 0.3 is 0 Å². The van der Waals surface area contributed by atoms with Crippen molar-refractivity contribution < 1.29 is 9.18 Å². The van der Waals surface area contributed by atoms with Crippen molar-refractivity contribution in [2.45, 2.75) is 26.4 Å². The van der Waals surface area contributed by atoms with E-state index >= 15 is 0 Å². The van der Waals surface area contributed by atoms with Gasteiger partial charge in [-0.25, -0.2) is 9.07 Å². The van der Waals surface area contributed by atoms with Gasteiger partial charge in [-0.15, -0.1) is 5.10 Å². The first-order valence-electron chi connectivity index (χ1n) is 6.82. The minimum absolute atomic E-state index is 0.0676. The zero-order chi connectivity index (χ0) is 15.1. The first kappa shape index (κ1) is 15.1. The van der Waals surface area contributed by atoms with E-state index < -0.39 is 0 Å². The molecular weight excluding hydrogens is 273 g/mol. The molecule has 0 unspecified atom stereocenters. The van der Waals surface area contributed by atoms with E-state index in [0.717, 1.165) is 18.7 Å². The van der Waals surface area contributed by atoms with Crippen LogP contribution >= 0.6 is 0 Å². The van der Waals surface area contributed by atoms with E-state index in [1.807, 2.05) is 0 Å². The number of carbonyl (C=O) groups excluding carboxylic acids is 1. The number of nitrogens with one attached hydrogen (secondary N) is 2. The lowest BCUT2D eigenvalue weighted by Crippen LogP contribution is -2.19. The topological polar surface area (TPSA) is 71.8 Å². The van der Waals surface area contributed by atoms with Crippen molar-refractivity contribution in [3.8, 4) is 0 Å². The van der Waals surface area contributed by atoms with E-state index in [4.69, 9.17) is 0 Å². The molecule has 6 nitrogen and oxygen atoms in total. The highest BCUT2D eigenvalue weighted by atomic mass is 19.1. The number of aromatic nitrogens is 3. The maximum atomic E-state index is 12.8. The lowest BCUT2D eigenvalue weighted by Gasteiger charge is -2.04. The highest BCUT2D eigenvalue weighted by molar-refractivity contribution is 5.90. The Hall–Kier alpha value is -2.28. The lowest BCUT2D eigenvalue weighted by atomic mass is 10.3.